The molecule has 0 fully saturated rings. The molecule has 4 nitrogen and oxygen atoms in total. The number of nitrogens with two attached hydrogens (primary N) is 1. The van der Waals surface area contributed by atoms with Gasteiger partial charge in [0.2, 0.25) is 5.91 Å². The fourth-order valence-electron chi connectivity index (χ4n) is 1.22. The van der Waals surface area contributed by atoms with Crippen molar-refractivity contribution < 1.29 is 10.0 Å². The number of carbonyl (C=O) groups is 1. The lowest BCUT2D eigenvalue weighted by atomic mass is 9.97. The summed E-state index contributed by atoms with van der Waals surface area (Å²) in [5, 5.41) is 10.1. The summed E-state index contributed by atoms with van der Waals surface area (Å²) in [6, 6.07) is 0. The van der Waals surface area contributed by atoms with Crippen molar-refractivity contribution in [2.24, 2.45) is 5.73 Å². The van der Waals surface area contributed by atoms with Gasteiger partial charge in [-0.05, 0) is 13.8 Å². The van der Waals surface area contributed by atoms with E-state index in [1.54, 1.807) is 6.92 Å². The van der Waals surface area contributed by atoms with Crippen LogP contribution in [-0.4, -0.2) is 21.7 Å². The van der Waals surface area contributed by atoms with Crippen LogP contribution in [0.1, 0.15) is 20.3 Å². The number of carbonyl (C=O) groups excluding carboxylic acids is 1. The van der Waals surface area contributed by atoms with E-state index in [4.69, 9.17) is 5.73 Å². The van der Waals surface area contributed by atoms with Crippen molar-refractivity contribution in [2.45, 2.75) is 25.8 Å². The summed E-state index contributed by atoms with van der Waals surface area (Å²) in [6.07, 6.45) is 2.02. The molecule has 0 aliphatic carbocycles. The molecule has 4 heteroatoms. The fourth-order valence-corrected chi connectivity index (χ4v) is 1.22. The second kappa shape index (κ2) is 2.23. The maximum atomic E-state index is 10.9. The van der Waals surface area contributed by atoms with E-state index in [1.165, 1.54) is 6.20 Å². The zero-order chi connectivity index (χ0) is 8.65. The summed E-state index contributed by atoms with van der Waals surface area (Å²) in [7, 11) is 0. The topological polar surface area (TPSA) is 66.6 Å². The van der Waals surface area contributed by atoms with E-state index in [0.29, 0.717) is 6.42 Å². The number of hydroxylamine groups is 2. The van der Waals surface area contributed by atoms with Crippen LogP contribution in [0.4, 0.5) is 0 Å². The zero-order valence-corrected chi connectivity index (χ0v) is 6.66. The fraction of sp³-hybridized carbons (Fsp3) is 0.571. The third-order valence-electron chi connectivity index (χ3n) is 2.00. The standard InChI is InChI=1S/C7H12N2O2/c1-5-3-7(2,6(8)10)9(11)4-5/h4,11H,3H2,1-2H3,(H2,8,10). The molecule has 0 aromatic carbocycles. The minimum Gasteiger partial charge on any atom is -0.368 e. The predicted molar refractivity (Wildman–Crippen MR) is 39.6 cm³/mol. The number of amides is 1. The smallest absolute Gasteiger partial charge is 0.245 e. The van der Waals surface area contributed by atoms with E-state index >= 15 is 0 Å². The van der Waals surface area contributed by atoms with Crippen molar-refractivity contribution in [3.8, 4) is 0 Å². The van der Waals surface area contributed by atoms with E-state index in [9.17, 15) is 10.0 Å². The SMILES string of the molecule is CC1=CN(O)C(C)(C(N)=O)C1. The van der Waals surface area contributed by atoms with Crippen LogP contribution in [0.3, 0.4) is 0 Å². The number of hydrogen-bond acceptors (Lipinski definition) is 3. The highest BCUT2D eigenvalue weighted by Gasteiger charge is 2.40. The average molecular weight is 156 g/mol. The van der Waals surface area contributed by atoms with E-state index in [1.807, 2.05) is 6.92 Å². The van der Waals surface area contributed by atoms with Gasteiger partial charge in [-0.1, -0.05) is 5.57 Å². The number of hydrogen-bond donors (Lipinski definition) is 2. The molecule has 0 bridgehead atoms. The minimum absolute atomic E-state index is 0.499. The summed E-state index contributed by atoms with van der Waals surface area (Å²) in [5.74, 6) is -0.506. The Kier molecular flexibility index (Phi) is 1.64. The van der Waals surface area contributed by atoms with Gasteiger partial charge in [-0.3, -0.25) is 10.0 Å². The van der Waals surface area contributed by atoms with Gasteiger partial charge in [-0.2, -0.15) is 0 Å². The van der Waals surface area contributed by atoms with Gasteiger partial charge in [0.05, 0.1) is 0 Å². The highest BCUT2D eigenvalue weighted by atomic mass is 16.5. The normalized spacial score (nSPS) is 30.5. The molecule has 1 unspecified atom stereocenters. The number of nitrogens with zero attached hydrogens (tertiary/aromatic N) is 1. The molecule has 0 radical (unpaired) electrons. The molecule has 11 heavy (non-hydrogen) atoms. The Morgan fingerprint density at radius 1 is 1.91 bits per heavy atom. The summed E-state index contributed by atoms with van der Waals surface area (Å²) in [5.41, 5.74) is 5.12. The second-order valence-electron chi connectivity index (χ2n) is 3.13. The van der Waals surface area contributed by atoms with Crippen molar-refractivity contribution in [3.05, 3.63) is 11.8 Å². The lowest BCUT2D eigenvalue weighted by Crippen LogP contribution is -2.49. The van der Waals surface area contributed by atoms with Crippen molar-refractivity contribution in [2.75, 3.05) is 0 Å². The van der Waals surface area contributed by atoms with Crippen LogP contribution < -0.4 is 5.73 Å². The molecule has 1 aliphatic rings. The van der Waals surface area contributed by atoms with Crippen molar-refractivity contribution in [3.63, 3.8) is 0 Å². The van der Waals surface area contributed by atoms with Gasteiger partial charge in [-0.15, -0.1) is 0 Å². The first kappa shape index (κ1) is 8.07. The molecule has 0 aromatic heterocycles. The molecular weight excluding hydrogens is 144 g/mol. The van der Waals surface area contributed by atoms with Crippen LogP contribution in [0.5, 0.6) is 0 Å². The molecule has 62 valence electrons. The van der Waals surface area contributed by atoms with Gasteiger partial charge in [0.25, 0.3) is 0 Å². The van der Waals surface area contributed by atoms with Gasteiger partial charge in [0, 0.05) is 12.6 Å². The average Bonchev–Trinajstić information content (AvgIpc) is 2.08. The van der Waals surface area contributed by atoms with Gasteiger partial charge in [0.1, 0.15) is 5.54 Å². The highest BCUT2D eigenvalue weighted by Crippen LogP contribution is 2.29. The maximum absolute atomic E-state index is 10.9. The Morgan fingerprint density at radius 3 is 2.64 bits per heavy atom. The van der Waals surface area contributed by atoms with Crippen LogP contribution in [0, 0.1) is 0 Å². The van der Waals surface area contributed by atoms with E-state index in [0.717, 1.165) is 10.6 Å². The summed E-state index contributed by atoms with van der Waals surface area (Å²) in [4.78, 5) is 10.9. The van der Waals surface area contributed by atoms with E-state index in [2.05, 4.69) is 0 Å². The summed E-state index contributed by atoms with van der Waals surface area (Å²) in [6.45, 7) is 3.46. The predicted octanol–water partition coefficient (Wildman–Crippen LogP) is 0.229. The van der Waals surface area contributed by atoms with Gasteiger partial charge >= 0.3 is 0 Å². The first-order valence-corrected chi connectivity index (χ1v) is 3.42. The molecule has 0 spiro atoms. The zero-order valence-electron chi connectivity index (χ0n) is 6.66. The van der Waals surface area contributed by atoms with Crippen LogP contribution in [0.15, 0.2) is 11.8 Å². The molecule has 1 atom stereocenters. The lowest BCUT2D eigenvalue weighted by Gasteiger charge is -2.27. The molecule has 3 N–H and O–H groups in total. The van der Waals surface area contributed by atoms with Crippen LogP contribution in [-0.2, 0) is 4.79 Å². The van der Waals surface area contributed by atoms with Crippen molar-refractivity contribution >= 4 is 5.91 Å². The molecule has 1 heterocycles. The third-order valence-corrected chi connectivity index (χ3v) is 2.00. The summed E-state index contributed by atoms with van der Waals surface area (Å²) >= 11 is 0. The summed E-state index contributed by atoms with van der Waals surface area (Å²) < 4.78 is 0. The Hall–Kier alpha value is -1.03. The highest BCUT2D eigenvalue weighted by molar-refractivity contribution is 5.85. The maximum Gasteiger partial charge on any atom is 0.245 e. The lowest BCUT2D eigenvalue weighted by molar-refractivity contribution is -0.152. The Balaban J connectivity index is 2.86. The third kappa shape index (κ3) is 1.09. The molecule has 0 aromatic rings. The molecule has 0 saturated carbocycles. The molecule has 1 amide bonds. The van der Waals surface area contributed by atoms with Crippen LogP contribution >= 0.6 is 0 Å². The largest absolute Gasteiger partial charge is 0.368 e. The molecular formula is C7H12N2O2. The first-order valence-electron chi connectivity index (χ1n) is 3.42. The Labute approximate surface area is 65.2 Å². The van der Waals surface area contributed by atoms with Crippen LogP contribution in [0.2, 0.25) is 0 Å². The molecule has 0 saturated heterocycles. The first-order chi connectivity index (χ1) is 4.97. The van der Waals surface area contributed by atoms with Gasteiger partial charge in [0.15, 0.2) is 0 Å². The van der Waals surface area contributed by atoms with Gasteiger partial charge in [-0.25, -0.2) is 5.06 Å². The van der Waals surface area contributed by atoms with E-state index in [-0.39, 0.29) is 0 Å². The molecule has 1 rings (SSSR count). The van der Waals surface area contributed by atoms with Crippen LogP contribution in [0.25, 0.3) is 0 Å². The minimum atomic E-state index is -0.940. The quantitative estimate of drug-likeness (QED) is 0.571. The number of rotatable bonds is 1. The Bertz CT molecular complexity index is 224. The van der Waals surface area contributed by atoms with Gasteiger partial charge < -0.3 is 5.73 Å². The Morgan fingerprint density at radius 2 is 2.45 bits per heavy atom. The van der Waals surface area contributed by atoms with Crippen molar-refractivity contribution in [1.29, 1.82) is 0 Å². The van der Waals surface area contributed by atoms with Crippen molar-refractivity contribution in [1.82, 2.24) is 5.06 Å². The molecule has 1 aliphatic heterocycles. The van der Waals surface area contributed by atoms with E-state index < -0.39 is 11.4 Å². The number of primary amides is 1. The monoisotopic (exact) mass is 156 g/mol. The second-order valence-corrected chi connectivity index (χ2v) is 3.13.